The predicted octanol–water partition coefficient (Wildman–Crippen LogP) is 3.70. The van der Waals surface area contributed by atoms with Crippen molar-refractivity contribution in [1.29, 1.82) is 5.41 Å². The van der Waals surface area contributed by atoms with E-state index in [1.807, 2.05) is 66.7 Å². The largest absolute Gasteiger partial charge is 0.861 e. The summed E-state index contributed by atoms with van der Waals surface area (Å²) in [6, 6.07) is 18.9. The average Bonchev–Trinajstić information content (AvgIpc) is 3.30. The molecule has 2 N–H and O–H groups in total. The lowest BCUT2D eigenvalue weighted by molar-refractivity contribution is -0.226. The van der Waals surface area contributed by atoms with Crippen molar-refractivity contribution in [3.05, 3.63) is 84.7 Å². The van der Waals surface area contributed by atoms with E-state index in [0.29, 0.717) is 0 Å². The molecule has 1 amide bonds. The lowest BCUT2D eigenvalue weighted by Gasteiger charge is -2.35. The third-order valence-corrected chi connectivity index (χ3v) is 5.50. The first-order chi connectivity index (χ1) is 16.1. The van der Waals surface area contributed by atoms with Gasteiger partial charge in [-0.1, -0.05) is 81.4 Å². The normalized spacial score (nSPS) is 13.0. The highest BCUT2D eigenvalue weighted by molar-refractivity contribution is 5.89. The Morgan fingerprint density at radius 3 is 2.21 bits per heavy atom. The highest BCUT2D eigenvalue weighted by Crippen LogP contribution is 2.25. The van der Waals surface area contributed by atoms with E-state index in [4.69, 9.17) is 10.1 Å². The van der Waals surface area contributed by atoms with Gasteiger partial charge in [0.1, 0.15) is 12.6 Å². The van der Waals surface area contributed by atoms with Crippen molar-refractivity contribution in [2.75, 3.05) is 0 Å². The second-order valence-electron chi connectivity index (χ2n) is 9.25. The van der Waals surface area contributed by atoms with Crippen LogP contribution in [0.3, 0.4) is 0 Å². The summed E-state index contributed by atoms with van der Waals surface area (Å²) in [6.45, 7) is 5.43. The minimum Gasteiger partial charge on any atom is -0.861 e. The molecule has 0 aliphatic heterocycles. The van der Waals surface area contributed by atoms with Crippen molar-refractivity contribution in [2.24, 2.45) is 5.41 Å². The van der Waals surface area contributed by atoms with Gasteiger partial charge in [0.2, 0.25) is 5.91 Å². The van der Waals surface area contributed by atoms with Crippen LogP contribution in [0.25, 0.3) is 11.1 Å². The Morgan fingerprint density at radius 2 is 1.62 bits per heavy atom. The quantitative estimate of drug-likeness (QED) is 0.288. The number of ether oxygens (including phenoxy) is 1. The van der Waals surface area contributed by atoms with Gasteiger partial charge in [0.05, 0.1) is 12.5 Å². The molecule has 1 aromatic heterocycles. The predicted molar refractivity (Wildman–Crippen MR) is 129 cm³/mol. The monoisotopic (exact) mass is 460 g/mol. The maximum Gasteiger partial charge on any atom is 0.308 e. The number of rotatable bonds is 9. The van der Waals surface area contributed by atoms with Gasteiger partial charge in [0, 0.05) is 12.4 Å². The molecule has 0 fully saturated rings. The van der Waals surface area contributed by atoms with Gasteiger partial charge in [-0.2, -0.15) is 0 Å². The van der Waals surface area contributed by atoms with Crippen LogP contribution in [0.4, 0.5) is 0 Å². The van der Waals surface area contributed by atoms with Gasteiger partial charge in [-0.25, -0.2) is 0 Å². The van der Waals surface area contributed by atoms with Crippen LogP contribution < -0.4 is 10.4 Å². The fourth-order valence-electron chi connectivity index (χ4n) is 3.61. The van der Waals surface area contributed by atoms with Crippen LogP contribution in [0.15, 0.2) is 79.1 Å². The Balaban J connectivity index is 1.82. The molecule has 3 rings (SSSR count). The summed E-state index contributed by atoms with van der Waals surface area (Å²) in [5.41, 5.74) is 2.05. The number of aromatic nitrogens is 1. The summed E-state index contributed by atoms with van der Waals surface area (Å²) in [7, 11) is 0. The highest BCUT2D eigenvalue weighted by atomic mass is 16.5. The molecule has 34 heavy (non-hydrogen) atoms. The van der Waals surface area contributed by atoms with E-state index in [1.165, 1.54) is 0 Å². The first kappa shape index (κ1) is 24.8. The number of nitrogens with one attached hydrogen (secondary N) is 2. The second kappa shape index (κ2) is 10.8. The van der Waals surface area contributed by atoms with Crippen molar-refractivity contribution in [3.63, 3.8) is 0 Å². The van der Waals surface area contributed by atoms with Crippen LogP contribution in [0, 0.1) is 10.8 Å². The summed E-state index contributed by atoms with van der Waals surface area (Å²) < 4.78 is 7.05. The van der Waals surface area contributed by atoms with E-state index in [0.717, 1.165) is 16.7 Å². The zero-order valence-electron chi connectivity index (χ0n) is 19.7. The molecule has 7 nitrogen and oxygen atoms in total. The summed E-state index contributed by atoms with van der Waals surface area (Å²) in [6.07, 6.45) is 3.30. The minimum atomic E-state index is -1.01. The van der Waals surface area contributed by atoms with Crippen molar-refractivity contribution >= 4 is 17.8 Å². The molecular formula is C27H30N3O4-. The molecule has 3 aromatic rings. The van der Waals surface area contributed by atoms with Gasteiger partial charge in [0.15, 0.2) is 0 Å². The van der Waals surface area contributed by atoms with Crippen LogP contribution >= 0.6 is 0 Å². The number of esters is 1. The number of carbonyl (C=O) groups excluding carboxylic acids is 2. The molecule has 0 aliphatic carbocycles. The molecule has 2 aromatic carbocycles. The molecule has 7 heteroatoms. The van der Waals surface area contributed by atoms with Crippen LogP contribution in [-0.4, -0.2) is 28.4 Å². The topological polar surface area (TPSA) is 107 Å². The standard InChI is InChI=1S/C27H31N3O4/c1-27(2,3)24(25(28)32)29-26(33)22(16-23(31)34-18-19-10-6-4-7-11-19)30-15-14-21(17-30)20-12-8-5-9-13-20/h4-15,17,22,24H,16,18H2,1-3H3,(H2,28,32)(H,29,33)/p-1/t22-,24-/m1/s1. The van der Waals surface area contributed by atoms with Crippen molar-refractivity contribution < 1.29 is 19.4 Å². The van der Waals surface area contributed by atoms with Gasteiger partial charge in [0.25, 0.3) is 0 Å². The molecule has 0 saturated heterocycles. The van der Waals surface area contributed by atoms with Gasteiger partial charge >= 0.3 is 5.97 Å². The molecule has 1 heterocycles. The van der Waals surface area contributed by atoms with E-state index in [-0.39, 0.29) is 13.0 Å². The van der Waals surface area contributed by atoms with E-state index < -0.39 is 35.3 Å². The lowest BCUT2D eigenvalue weighted by atomic mass is 9.86. The van der Waals surface area contributed by atoms with Gasteiger partial charge in [-0.15, -0.1) is 0 Å². The summed E-state index contributed by atoms with van der Waals surface area (Å²) >= 11 is 0. The van der Waals surface area contributed by atoms with E-state index in [1.54, 1.807) is 37.7 Å². The average molecular weight is 461 g/mol. The summed E-state index contributed by atoms with van der Waals surface area (Å²) in [5, 5.41) is 22.2. The molecule has 0 spiro atoms. The maximum absolute atomic E-state index is 13.3. The van der Waals surface area contributed by atoms with E-state index >= 15 is 0 Å². The molecule has 0 bridgehead atoms. The van der Waals surface area contributed by atoms with Gasteiger partial charge < -0.3 is 25.1 Å². The second-order valence-corrected chi connectivity index (χ2v) is 9.25. The first-order valence-electron chi connectivity index (χ1n) is 11.1. The molecule has 0 aliphatic rings. The third kappa shape index (κ3) is 6.57. The van der Waals surface area contributed by atoms with E-state index in [2.05, 4.69) is 5.32 Å². The van der Waals surface area contributed by atoms with Crippen LogP contribution in [0.2, 0.25) is 0 Å². The number of amides is 1. The molecule has 0 unspecified atom stereocenters. The number of hydrogen-bond acceptors (Lipinski definition) is 5. The Bertz CT molecular complexity index is 1120. The Morgan fingerprint density at radius 1 is 1.00 bits per heavy atom. The number of benzene rings is 2. The molecule has 2 atom stereocenters. The van der Waals surface area contributed by atoms with Crippen LogP contribution in [-0.2, 0) is 20.9 Å². The first-order valence-corrected chi connectivity index (χ1v) is 11.1. The van der Waals surface area contributed by atoms with Gasteiger partial charge in [-0.05, 0) is 34.1 Å². The fourth-order valence-corrected chi connectivity index (χ4v) is 3.61. The summed E-state index contributed by atoms with van der Waals surface area (Å²) in [4.78, 5) is 26.0. The Hall–Kier alpha value is -3.87. The Labute approximate surface area is 199 Å². The van der Waals surface area contributed by atoms with E-state index in [9.17, 15) is 14.7 Å². The number of carbonyl (C=O) groups is 2. The minimum absolute atomic E-state index is 0.102. The number of nitrogens with zero attached hydrogens (tertiary/aromatic N) is 1. The number of hydrogen-bond donors (Lipinski definition) is 2. The van der Waals surface area contributed by atoms with Crippen molar-refractivity contribution in [2.45, 2.75) is 45.9 Å². The van der Waals surface area contributed by atoms with Crippen molar-refractivity contribution in [1.82, 2.24) is 9.88 Å². The smallest absolute Gasteiger partial charge is 0.308 e. The van der Waals surface area contributed by atoms with Crippen LogP contribution in [0.1, 0.15) is 38.8 Å². The third-order valence-electron chi connectivity index (χ3n) is 5.50. The molecule has 178 valence electrons. The van der Waals surface area contributed by atoms with Crippen molar-refractivity contribution in [3.8, 4) is 11.1 Å². The SMILES string of the molecule is CC(C)(C)[C@H](NC(=O)[C@@H](CC(=O)OCc1ccccc1)n1ccc(-c2ccccc2)c1)C(=N)[O-]. The van der Waals surface area contributed by atoms with Gasteiger partial charge in [-0.3, -0.25) is 9.59 Å². The zero-order chi connectivity index (χ0) is 24.7. The molecular weight excluding hydrogens is 430 g/mol. The zero-order valence-corrected chi connectivity index (χ0v) is 19.7. The fraction of sp³-hybridized carbons (Fsp3) is 0.296. The lowest BCUT2D eigenvalue weighted by Crippen LogP contribution is -2.54. The molecule has 0 radical (unpaired) electrons. The molecule has 0 saturated carbocycles. The summed E-state index contributed by atoms with van der Waals surface area (Å²) in [5.74, 6) is -1.94. The maximum atomic E-state index is 13.3. The van der Waals surface area contributed by atoms with Crippen LogP contribution in [0.5, 0.6) is 0 Å². The Kier molecular flexibility index (Phi) is 7.89. The highest BCUT2D eigenvalue weighted by Gasteiger charge is 2.31.